The van der Waals surface area contributed by atoms with Gasteiger partial charge in [-0.1, -0.05) is 0 Å². The van der Waals surface area contributed by atoms with Crippen LogP contribution < -0.4 is 0 Å². The summed E-state index contributed by atoms with van der Waals surface area (Å²) >= 11 is 0. The zero-order valence-corrected chi connectivity index (χ0v) is 16.4. The van der Waals surface area contributed by atoms with Gasteiger partial charge in [0.05, 0.1) is 0 Å². The Morgan fingerprint density at radius 3 is 0.824 bits per heavy atom. The minimum absolute atomic E-state index is 1.25. The molecule has 0 aromatic heterocycles. The minimum Gasteiger partial charge on any atom is -0.241 e. The molecule has 0 fully saturated rings. The summed E-state index contributed by atoms with van der Waals surface area (Å²) in [5, 5.41) is 0. The van der Waals surface area contributed by atoms with Gasteiger partial charge in [0.1, 0.15) is 0 Å². The summed E-state index contributed by atoms with van der Waals surface area (Å²) in [5.74, 6) is 0. The van der Waals surface area contributed by atoms with Gasteiger partial charge in [0.15, 0.2) is 7.34 Å². The van der Waals surface area contributed by atoms with Crippen molar-refractivity contribution >= 4 is 34.8 Å². The van der Waals surface area contributed by atoms with E-state index < -0.39 is 28.5 Å². The van der Waals surface area contributed by atoms with E-state index in [1.807, 2.05) is 0 Å². The van der Waals surface area contributed by atoms with Gasteiger partial charge in [-0.3, -0.25) is 0 Å². The van der Waals surface area contributed by atoms with Gasteiger partial charge in [0.25, 0.3) is 0 Å². The average molecular weight is 315 g/mol. The molecule has 0 bridgehead atoms. The molecule has 0 aliphatic heterocycles. The molecule has 0 radical (unpaired) electrons. The zero-order valence-electron chi connectivity index (χ0n) is 12.8. The predicted octanol–water partition coefficient (Wildman–Crippen LogP) is 5.45. The van der Waals surface area contributed by atoms with Crippen molar-refractivity contribution in [2.45, 2.75) is 0 Å². The van der Waals surface area contributed by atoms with E-state index in [2.05, 4.69) is 66.3 Å². The largest absolute Gasteiger partial charge is 0.241 e. The summed E-state index contributed by atoms with van der Waals surface area (Å²) in [6.45, 7) is 19.9. The SMILES string of the molecule is C=P(N=P(C)(C)C)(N=P(C)(C)C)N=P(C)(C)C. The third-order valence-corrected chi connectivity index (χ3v) is 11.1. The van der Waals surface area contributed by atoms with Gasteiger partial charge in [-0.05, 0) is 87.4 Å². The first-order valence-electron chi connectivity index (χ1n) is 5.54. The van der Waals surface area contributed by atoms with Crippen LogP contribution in [0.25, 0.3) is 0 Å². The molecule has 0 spiro atoms. The molecule has 0 rings (SSSR count). The Labute approximate surface area is 109 Å². The van der Waals surface area contributed by atoms with Crippen molar-refractivity contribution in [3.63, 3.8) is 0 Å². The fourth-order valence-electron chi connectivity index (χ4n) is 1.34. The molecule has 0 saturated carbocycles. The second-order valence-electron chi connectivity index (χ2n) is 6.79. The van der Waals surface area contributed by atoms with Crippen molar-refractivity contribution in [3.05, 3.63) is 0 Å². The molecule has 7 heteroatoms. The normalized spacial score (nSPS) is 14.4. The molecule has 104 valence electrons. The highest BCUT2D eigenvalue weighted by atomic mass is 31.2. The van der Waals surface area contributed by atoms with Gasteiger partial charge in [-0.25, -0.2) is 13.5 Å². The smallest absolute Gasteiger partial charge is 0.198 e. The van der Waals surface area contributed by atoms with Gasteiger partial charge in [0, 0.05) is 0 Å². The van der Waals surface area contributed by atoms with E-state index in [0.717, 1.165) is 0 Å². The lowest BCUT2D eigenvalue weighted by atomic mass is 11.9. The number of rotatable bonds is 3. The molecule has 3 nitrogen and oxygen atoms in total. The van der Waals surface area contributed by atoms with E-state index in [-0.39, 0.29) is 0 Å². The number of hydrogen-bond donors (Lipinski definition) is 0. The zero-order chi connectivity index (χ0) is 14.1. The van der Waals surface area contributed by atoms with Crippen LogP contribution in [0.3, 0.4) is 0 Å². The van der Waals surface area contributed by atoms with Crippen LogP contribution in [0, 0.1) is 0 Å². The predicted molar refractivity (Wildman–Crippen MR) is 95.4 cm³/mol. The van der Waals surface area contributed by atoms with E-state index in [0.29, 0.717) is 0 Å². The van der Waals surface area contributed by atoms with Crippen LogP contribution in [0.5, 0.6) is 0 Å². The van der Waals surface area contributed by atoms with Gasteiger partial charge in [-0.2, -0.15) is 0 Å². The Balaban J connectivity index is 6.04. The standard InChI is InChI=1S/C10H29N3P4/c1-14(2,3)11-17(10,12-15(4,5)6)13-16(7,8)9/h10H2,1-9H3. The lowest BCUT2D eigenvalue weighted by Crippen LogP contribution is -1.78. The summed E-state index contributed by atoms with van der Waals surface area (Å²) < 4.78 is 14.8. The molecule has 0 aromatic rings. The lowest BCUT2D eigenvalue weighted by molar-refractivity contribution is 1.65. The summed E-state index contributed by atoms with van der Waals surface area (Å²) in [7, 11) is -5.81. The van der Waals surface area contributed by atoms with E-state index >= 15 is 0 Å². The molecular formula is C10H29N3P4. The molecule has 0 amide bonds. The van der Waals surface area contributed by atoms with Crippen LogP contribution in [0.4, 0.5) is 0 Å². The van der Waals surface area contributed by atoms with Crippen molar-refractivity contribution in [2.24, 2.45) is 13.5 Å². The van der Waals surface area contributed by atoms with E-state index in [1.54, 1.807) is 0 Å². The van der Waals surface area contributed by atoms with E-state index in [4.69, 9.17) is 13.5 Å². The molecular weight excluding hydrogens is 286 g/mol. The molecule has 0 aromatic carbocycles. The fourth-order valence-corrected chi connectivity index (χ4v) is 13.1. The monoisotopic (exact) mass is 315 g/mol. The van der Waals surface area contributed by atoms with Crippen LogP contribution in [-0.4, -0.2) is 66.3 Å². The highest BCUT2D eigenvalue weighted by Gasteiger charge is 2.15. The highest BCUT2D eigenvalue weighted by molar-refractivity contribution is 7.86. The summed E-state index contributed by atoms with van der Waals surface area (Å²) in [6, 6.07) is 0. The molecule has 17 heavy (non-hydrogen) atoms. The first-order valence-corrected chi connectivity index (χ1v) is 16.6. The quantitative estimate of drug-likeness (QED) is 0.621. The summed E-state index contributed by atoms with van der Waals surface area (Å²) in [5.41, 5.74) is 0. The van der Waals surface area contributed by atoms with Gasteiger partial charge in [0.2, 0.25) is 0 Å². The molecule has 0 aliphatic carbocycles. The second kappa shape index (κ2) is 5.54. The maximum absolute atomic E-state index is 4.94. The van der Waals surface area contributed by atoms with Crippen LogP contribution in [0.1, 0.15) is 0 Å². The van der Waals surface area contributed by atoms with Crippen molar-refractivity contribution in [2.75, 3.05) is 60.0 Å². The first-order chi connectivity index (χ1) is 7.12. The van der Waals surface area contributed by atoms with Gasteiger partial charge >= 0.3 is 0 Å². The Kier molecular flexibility index (Phi) is 5.87. The van der Waals surface area contributed by atoms with Crippen molar-refractivity contribution in [1.29, 1.82) is 0 Å². The van der Waals surface area contributed by atoms with Crippen LogP contribution >= 0.6 is 28.5 Å². The van der Waals surface area contributed by atoms with Gasteiger partial charge in [-0.15, -0.1) is 0 Å². The third-order valence-electron chi connectivity index (χ3n) is 1.23. The Morgan fingerprint density at radius 1 is 0.529 bits per heavy atom. The molecule has 0 saturated heterocycles. The fraction of sp³-hybridized carbons (Fsp3) is 0.900. The van der Waals surface area contributed by atoms with E-state index in [1.165, 1.54) is 0 Å². The molecule has 0 atom stereocenters. The topological polar surface area (TPSA) is 37.1 Å². The summed E-state index contributed by atoms with van der Waals surface area (Å²) in [6.07, 6.45) is 4.32. The average Bonchev–Trinajstić information content (AvgIpc) is 1.65. The molecule has 0 heterocycles. The second-order valence-corrected chi connectivity index (χ2v) is 22.0. The molecule has 0 N–H and O–H groups in total. The highest BCUT2D eigenvalue weighted by Crippen LogP contribution is 2.68. The van der Waals surface area contributed by atoms with Crippen LogP contribution in [-0.2, 0) is 0 Å². The van der Waals surface area contributed by atoms with Gasteiger partial charge < -0.3 is 0 Å². The number of hydrogen-bond acceptors (Lipinski definition) is 3. The first kappa shape index (κ1) is 18.0. The minimum atomic E-state index is -2.06. The summed E-state index contributed by atoms with van der Waals surface area (Å²) in [4.78, 5) is 0. The van der Waals surface area contributed by atoms with Crippen molar-refractivity contribution in [1.82, 2.24) is 0 Å². The lowest BCUT2D eigenvalue weighted by Gasteiger charge is -2.22. The third kappa shape index (κ3) is 10.6. The number of nitrogens with zero attached hydrogens (tertiary/aromatic N) is 3. The molecule has 0 unspecified atom stereocenters. The Hall–Kier alpha value is 0.990. The van der Waals surface area contributed by atoms with Crippen molar-refractivity contribution in [3.8, 4) is 0 Å². The van der Waals surface area contributed by atoms with Crippen LogP contribution in [0.2, 0.25) is 0 Å². The van der Waals surface area contributed by atoms with Crippen LogP contribution in [0.15, 0.2) is 13.5 Å². The Morgan fingerprint density at radius 2 is 0.706 bits per heavy atom. The maximum Gasteiger partial charge on any atom is 0.198 e. The Bertz CT molecular complexity index is 388. The molecule has 0 aliphatic rings. The van der Waals surface area contributed by atoms with Crippen molar-refractivity contribution < 1.29 is 0 Å². The van der Waals surface area contributed by atoms with E-state index in [9.17, 15) is 0 Å². The maximum atomic E-state index is 4.94.